The van der Waals surface area contributed by atoms with Crippen LogP contribution in [0.2, 0.25) is 0 Å². The minimum absolute atomic E-state index is 0.0356. The average Bonchev–Trinajstić information content (AvgIpc) is 3.64. The first-order chi connectivity index (χ1) is 18.7. The fraction of sp³-hybridized carbons (Fsp3) is 0.310. The van der Waals surface area contributed by atoms with Crippen molar-refractivity contribution in [1.82, 2.24) is 20.1 Å². The molecule has 3 amide bonds. The second-order valence-corrected chi connectivity index (χ2v) is 11.2. The first-order valence-electron chi connectivity index (χ1n) is 12.7. The number of fused-ring (bicyclic) bond motifs is 4. The van der Waals surface area contributed by atoms with E-state index in [-0.39, 0.29) is 34.6 Å². The first-order valence-corrected chi connectivity index (χ1v) is 13.6. The summed E-state index contributed by atoms with van der Waals surface area (Å²) < 4.78 is 5.63. The van der Waals surface area contributed by atoms with Gasteiger partial charge in [0.1, 0.15) is 5.75 Å². The summed E-state index contributed by atoms with van der Waals surface area (Å²) in [6.45, 7) is 3.17. The molecule has 10 heteroatoms. The fourth-order valence-electron chi connectivity index (χ4n) is 6.23. The van der Waals surface area contributed by atoms with E-state index in [1.807, 2.05) is 24.4 Å². The number of aromatic nitrogens is 1. The number of amides is 3. The Labute approximate surface area is 229 Å². The number of ether oxygens (including phenoxy) is 1. The molecule has 3 heterocycles. The fourth-order valence-corrected chi connectivity index (χ4v) is 6.90. The van der Waals surface area contributed by atoms with Gasteiger partial charge in [0.25, 0.3) is 5.91 Å². The van der Waals surface area contributed by atoms with Crippen molar-refractivity contribution < 1.29 is 23.9 Å². The summed E-state index contributed by atoms with van der Waals surface area (Å²) >= 11 is 1.67. The normalized spacial score (nSPS) is 20.2. The molecule has 2 aromatic heterocycles. The SMILES string of the molecule is COc1ccc(C)c2c1CC1(C(=O)N(C)C(=O)N1C)C1=C2C(=O)c2[nH]cc(CCNCc3cccs3)c2C1=O. The summed E-state index contributed by atoms with van der Waals surface area (Å²) in [5.41, 5.74) is 1.79. The number of thiophene rings is 1. The van der Waals surface area contributed by atoms with Gasteiger partial charge in [-0.05, 0) is 54.1 Å². The number of aryl methyl sites for hydroxylation is 1. The maximum atomic E-state index is 14.5. The highest BCUT2D eigenvalue weighted by Crippen LogP contribution is 2.51. The number of nitrogens with one attached hydrogen (secondary N) is 2. The molecule has 1 saturated heterocycles. The molecule has 6 rings (SSSR count). The quantitative estimate of drug-likeness (QED) is 0.364. The van der Waals surface area contributed by atoms with E-state index in [1.54, 1.807) is 23.6 Å². The van der Waals surface area contributed by atoms with Crippen LogP contribution in [-0.4, -0.2) is 71.6 Å². The molecule has 1 fully saturated rings. The molecule has 200 valence electrons. The Morgan fingerprint density at radius 1 is 1.10 bits per heavy atom. The number of nitrogens with zero attached hydrogens (tertiary/aromatic N) is 2. The summed E-state index contributed by atoms with van der Waals surface area (Å²) in [5, 5.41) is 5.41. The number of allylic oxidation sites excluding steroid dienone is 1. The molecule has 0 bridgehead atoms. The van der Waals surface area contributed by atoms with E-state index in [4.69, 9.17) is 4.74 Å². The van der Waals surface area contributed by atoms with Crippen LogP contribution in [0, 0.1) is 6.92 Å². The number of benzene rings is 1. The third kappa shape index (κ3) is 3.41. The minimum atomic E-state index is -1.65. The summed E-state index contributed by atoms with van der Waals surface area (Å²) in [6.07, 6.45) is 2.25. The van der Waals surface area contributed by atoms with Crippen LogP contribution in [0.1, 0.15) is 48.0 Å². The van der Waals surface area contributed by atoms with E-state index in [0.717, 1.165) is 10.5 Å². The molecular formula is C29H28N4O5S. The number of likely N-dealkylation sites (N-methyl/N-ethyl adjacent to an activating group) is 2. The summed E-state index contributed by atoms with van der Waals surface area (Å²) in [5.74, 6) is -0.793. The topological polar surface area (TPSA) is 112 Å². The van der Waals surface area contributed by atoms with Crippen molar-refractivity contribution in [3.8, 4) is 5.75 Å². The highest BCUT2D eigenvalue weighted by atomic mass is 32.1. The zero-order chi connectivity index (χ0) is 27.6. The van der Waals surface area contributed by atoms with Gasteiger partial charge in [-0.15, -0.1) is 11.3 Å². The number of rotatable bonds is 6. The molecule has 9 nitrogen and oxygen atoms in total. The highest BCUT2D eigenvalue weighted by Gasteiger charge is 2.63. The van der Waals surface area contributed by atoms with Crippen LogP contribution in [0.4, 0.5) is 4.79 Å². The molecule has 1 aromatic carbocycles. The van der Waals surface area contributed by atoms with E-state index in [1.165, 1.54) is 31.0 Å². The van der Waals surface area contributed by atoms with E-state index >= 15 is 0 Å². The number of carbonyl (C=O) groups excluding carboxylic acids is 4. The van der Waals surface area contributed by atoms with Crippen LogP contribution >= 0.6 is 11.3 Å². The van der Waals surface area contributed by atoms with Gasteiger partial charge in [-0.25, -0.2) is 4.79 Å². The molecule has 2 aliphatic carbocycles. The predicted octanol–water partition coefficient (Wildman–Crippen LogP) is 3.38. The van der Waals surface area contributed by atoms with E-state index < -0.39 is 23.3 Å². The van der Waals surface area contributed by atoms with Crippen LogP contribution in [-0.2, 0) is 24.2 Å². The van der Waals surface area contributed by atoms with Crippen LogP contribution in [0.15, 0.2) is 41.4 Å². The summed E-state index contributed by atoms with van der Waals surface area (Å²) in [4.78, 5) is 62.2. The van der Waals surface area contributed by atoms with E-state index in [9.17, 15) is 19.2 Å². The average molecular weight is 545 g/mol. The first kappa shape index (κ1) is 25.3. The predicted molar refractivity (Wildman–Crippen MR) is 146 cm³/mol. The third-order valence-electron chi connectivity index (χ3n) is 8.17. The van der Waals surface area contributed by atoms with Gasteiger partial charge in [0, 0.05) is 54.8 Å². The molecular weight excluding hydrogens is 516 g/mol. The van der Waals surface area contributed by atoms with Crippen molar-refractivity contribution in [2.24, 2.45) is 0 Å². The van der Waals surface area contributed by atoms with Gasteiger partial charge in [0.15, 0.2) is 11.3 Å². The highest BCUT2D eigenvalue weighted by molar-refractivity contribution is 7.09. The lowest BCUT2D eigenvalue weighted by Crippen LogP contribution is -2.56. The second-order valence-electron chi connectivity index (χ2n) is 10.2. The van der Waals surface area contributed by atoms with Crippen molar-refractivity contribution in [2.75, 3.05) is 27.7 Å². The number of imide groups is 1. The Morgan fingerprint density at radius 2 is 1.90 bits per heavy atom. The molecule has 1 atom stereocenters. The maximum Gasteiger partial charge on any atom is 0.327 e. The smallest absolute Gasteiger partial charge is 0.327 e. The molecule has 1 spiro atoms. The summed E-state index contributed by atoms with van der Waals surface area (Å²) in [7, 11) is 4.44. The third-order valence-corrected chi connectivity index (χ3v) is 9.05. The number of urea groups is 1. The number of hydrogen-bond donors (Lipinski definition) is 2. The number of Topliss-reactive ketones (excluding diaryl/α,β-unsaturated/α-hetero) is 2. The van der Waals surface area contributed by atoms with Gasteiger partial charge in [0.2, 0.25) is 5.78 Å². The number of ketones is 2. The van der Waals surface area contributed by atoms with Gasteiger partial charge in [-0.1, -0.05) is 12.1 Å². The molecule has 1 aliphatic heterocycles. The van der Waals surface area contributed by atoms with Crippen LogP contribution in [0.5, 0.6) is 5.75 Å². The molecule has 0 saturated carbocycles. The monoisotopic (exact) mass is 544 g/mol. The molecule has 1 unspecified atom stereocenters. The zero-order valence-corrected chi connectivity index (χ0v) is 23.0. The van der Waals surface area contributed by atoms with Crippen LogP contribution in [0.3, 0.4) is 0 Å². The zero-order valence-electron chi connectivity index (χ0n) is 22.1. The molecule has 3 aromatic rings. The van der Waals surface area contributed by atoms with Crippen molar-refractivity contribution in [3.63, 3.8) is 0 Å². The largest absolute Gasteiger partial charge is 0.496 e. The Kier molecular flexibility index (Phi) is 5.85. The van der Waals surface area contributed by atoms with Crippen LogP contribution in [0.25, 0.3) is 5.57 Å². The van der Waals surface area contributed by atoms with Crippen molar-refractivity contribution in [3.05, 3.63) is 79.8 Å². The number of aromatic amines is 1. The number of hydrogen-bond acceptors (Lipinski definition) is 7. The number of methoxy groups -OCH3 is 1. The van der Waals surface area contributed by atoms with Gasteiger partial charge >= 0.3 is 6.03 Å². The number of carbonyl (C=O) groups is 4. The Morgan fingerprint density at radius 3 is 2.56 bits per heavy atom. The maximum absolute atomic E-state index is 14.5. The van der Waals surface area contributed by atoms with Crippen LogP contribution < -0.4 is 10.1 Å². The Hall–Kier alpha value is -4.02. The lowest BCUT2D eigenvalue weighted by atomic mass is 9.65. The van der Waals surface area contributed by atoms with Gasteiger partial charge in [0.05, 0.1) is 18.4 Å². The van der Waals surface area contributed by atoms with Crippen molar-refractivity contribution in [2.45, 2.75) is 31.8 Å². The van der Waals surface area contributed by atoms with Gasteiger partial charge in [-0.3, -0.25) is 19.3 Å². The molecule has 3 aliphatic rings. The van der Waals surface area contributed by atoms with Crippen molar-refractivity contribution in [1.29, 1.82) is 0 Å². The standard InChI is InChI=1S/C29H28N4O5S/c1-15-7-8-19(38-4)18-12-29(27(36)32(2)28(37)33(29)3)23-22(20(15)18)26(35)24-21(25(23)34)16(13-31-24)9-10-30-14-17-6-5-11-39-17/h5-8,11,13,30-31H,9-10,12,14H2,1-4H3. The molecule has 2 N–H and O–H groups in total. The van der Waals surface area contributed by atoms with E-state index in [2.05, 4.69) is 16.4 Å². The Balaban J connectivity index is 1.49. The minimum Gasteiger partial charge on any atom is -0.496 e. The lowest BCUT2D eigenvalue weighted by Gasteiger charge is -2.42. The molecule has 39 heavy (non-hydrogen) atoms. The van der Waals surface area contributed by atoms with Gasteiger partial charge < -0.3 is 19.9 Å². The van der Waals surface area contributed by atoms with E-state index in [0.29, 0.717) is 42.0 Å². The lowest BCUT2D eigenvalue weighted by molar-refractivity contribution is -0.130. The van der Waals surface area contributed by atoms with Crippen molar-refractivity contribution >= 4 is 40.4 Å². The number of H-pyrrole nitrogens is 1. The summed E-state index contributed by atoms with van der Waals surface area (Å²) in [6, 6.07) is 7.15. The molecule has 0 radical (unpaired) electrons. The van der Waals surface area contributed by atoms with Gasteiger partial charge in [-0.2, -0.15) is 0 Å². The Bertz CT molecular complexity index is 1600. The second kappa shape index (κ2) is 9.03.